The second-order valence-electron chi connectivity index (χ2n) is 10.9. The summed E-state index contributed by atoms with van der Waals surface area (Å²) < 4.78 is 12.7. The molecule has 0 bridgehead atoms. The van der Waals surface area contributed by atoms with Crippen molar-refractivity contribution in [3.63, 3.8) is 0 Å². The van der Waals surface area contributed by atoms with Gasteiger partial charge in [-0.05, 0) is 64.2 Å². The molecule has 0 fully saturated rings. The molecule has 5 nitrogen and oxygen atoms in total. The van der Waals surface area contributed by atoms with Crippen LogP contribution in [0, 0.1) is 0 Å². The molecule has 0 atom stereocenters. The Morgan fingerprint density at radius 2 is 1.09 bits per heavy atom. The first-order chi connectivity index (χ1) is 22.2. The lowest BCUT2D eigenvalue weighted by molar-refractivity contribution is 0.668. The van der Waals surface area contributed by atoms with Gasteiger partial charge in [0.25, 0.3) is 0 Å². The number of hydrogen-bond donors (Lipinski definition) is 0. The number of aromatic nitrogens is 3. The van der Waals surface area contributed by atoms with E-state index in [1.807, 2.05) is 66.7 Å². The van der Waals surface area contributed by atoms with Crippen LogP contribution in [0.15, 0.2) is 142 Å². The fraction of sp³-hybridized carbons (Fsp3) is 0. The number of halogens is 1. The summed E-state index contributed by atoms with van der Waals surface area (Å²) in [6.07, 6.45) is 0. The highest BCUT2D eigenvalue weighted by Gasteiger charge is 2.20. The lowest BCUT2D eigenvalue weighted by Crippen LogP contribution is -1.97. The average Bonchev–Trinajstić information content (AvgIpc) is 3.66. The Bertz CT molecular complexity index is 2570. The molecule has 0 aliphatic rings. The van der Waals surface area contributed by atoms with E-state index in [0.29, 0.717) is 17.2 Å². The zero-order valence-corrected chi connectivity index (χ0v) is 24.5. The van der Waals surface area contributed by atoms with E-state index in [0.717, 1.165) is 71.7 Å². The van der Waals surface area contributed by atoms with Crippen LogP contribution >= 0.6 is 11.6 Å². The summed E-state index contributed by atoms with van der Waals surface area (Å²) in [5.74, 6) is 0.892. The van der Waals surface area contributed by atoms with Crippen LogP contribution in [0.4, 0.5) is 0 Å². The first-order valence-electron chi connectivity index (χ1n) is 14.6. The van der Waals surface area contributed by atoms with E-state index in [4.69, 9.17) is 25.4 Å². The van der Waals surface area contributed by atoms with Gasteiger partial charge in [-0.1, -0.05) is 103 Å². The van der Waals surface area contributed by atoms with Crippen molar-refractivity contribution in [3.8, 4) is 45.0 Å². The normalized spacial score (nSPS) is 11.7. The lowest BCUT2D eigenvalue weighted by Gasteiger charge is -2.11. The molecule has 45 heavy (non-hydrogen) atoms. The molecule has 0 saturated heterocycles. The van der Waals surface area contributed by atoms with Crippen molar-refractivity contribution in [1.82, 2.24) is 15.0 Å². The van der Waals surface area contributed by atoms with Gasteiger partial charge in [0.15, 0.2) is 11.6 Å². The van der Waals surface area contributed by atoms with E-state index >= 15 is 0 Å². The highest BCUT2D eigenvalue weighted by molar-refractivity contribution is 6.28. The Balaban J connectivity index is 1.21. The lowest BCUT2D eigenvalue weighted by atomic mass is 9.92. The summed E-state index contributed by atoms with van der Waals surface area (Å²) >= 11 is 6.53. The molecule has 212 valence electrons. The van der Waals surface area contributed by atoms with Crippen LogP contribution in [-0.4, -0.2) is 15.0 Å². The van der Waals surface area contributed by atoms with E-state index in [-0.39, 0.29) is 5.28 Å². The van der Waals surface area contributed by atoms with Gasteiger partial charge in [0.2, 0.25) is 5.28 Å². The highest BCUT2D eigenvalue weighted by Crippen LogP contribution is 2.42. The SMILES string of the molecule is Clc1nc(-c2ccc3c(c2)oc2ccccc23)nc(-c2cccc3c2oc2cccc(-c4ccccc4-c4ccccc4)c23)n1. The third-order valence-corrected chi connectivity index (χ3v) is 8.48. The topological polar surface area (TPSA) is 65.0 Å². The Morgan fingerprint density at radius 1 is 0.422 bits per heavy atom. The van der Waals surface area contributed by atoms with E-state index in [9.17, 15) is 0 Å². The van der Waals surface area contributed by atoms with Gasteiger partial charge in [-0.25, -0.2) is 4.98 Å². The Labute approximate surface area is 262 Å². The van der Waals surface area contributed by atoms with Crippen molar-refractivity contribution in [2.24, 2.45) is 0 Å². The monoisotopic (exact) mass is 599 g/mol. The van der Waals surface area contributed by atoms with Crippen LogP contribution in [0.3, 0.4) is 0 Å². The minimum atomic E-state index is 0.102. The van der Waals surface area contributed by atoms with Crippen molar-refractivity contribution >= 4 is 55.5 Å². The smallest absolute Gasteiger partial charge is 0.226 e. The molecule has 9 aromatic rings. The minimum absolute atomic E-state index is 0.102. The van der Waals surface area contributed by atoms with Crippen LogP contribution < -0.4 is 0 Å². The second-order valence-corrected chi connectivity index (χ2v) is 11.3. The number of benzene rings is 6. The third kappa shape index (κ3) is 4.20. The van der Waals surface area contributed by atoms with Crippen LogP contribution in [0.1, 0.15) is 0 Å². The van der Waals surface area contributed by atoms with Crippen molar-refractivity contribution in [2.75, 3.05) is 0 Å². The number of rotatable bonds is 4. The third-order valence-electron chi connectivity index (χ3n) is 8.31. The van der Waals surface area contributed by atoms with E-state index in [1.165, 1.54) is 0 Å². The molecule has 0 aliphatic heterocycles. The van der Waals surface area contributed by atoms with E-state index in [1.54, 1.807) is 0 Å². The Morgan fingerprint density at radius 3 is 2.00 bits per heavy atom. The van der Waals surface area contributed by atoms with Crippen LogP contribution in [0.25, 0.3) is 88.9 Å². The van der Waals surface area contributed by atoms with Gasteiger partial charge in [-0.15, -0.1) is 0 Å². The predicted octanol–water partition coefficient (Wildman–Crippen LogP) is 11.0. The second kappa shape index (κ2) is 10.2. The van der Waals surface area contributed by atoms with E-state index < -0.39 is 0 Å². The number of hydrogen-bond acceptors (Lipinski definition) is 5. The van der Waals surface area contributed by atoms with Gasteiger partial charge in [-0.3, -0.25) is 0 Å². The molecule has 9 rings (SSSR count). The summed E-state index contributed by atoms with van der Waals surface area (Å²) in [6, 6.07) is 45.1. The Kier molecular flexibility index (Phi) is 5.80. The highest BCUT2D eigenvalue weighted by atomic mass is 35.5. The summed E-state index contributed by atoms with van der Waals surface area (Å²) in [7, 11) is 0. The molecule has 0 amide bonds. The summed E-state index contributed by atoms with van der Waals surface area (Å²) in [6.45, 7) is 0. The van der Waals surface area contributed by atoms with Crippen LogP contribution in [0.2, 0.25) is 5.28 Å². The largest absolute Gasteiger partial charge is 0.456 e. The molecular weight excluding hydrogens is 578 g/mol. The number of fused-ring (bicyclic) bond motifs is 6. The minimum Gasteiger partial charge on any atom is -0.456 e. The number of nitrogens with zero attached hydrogens (tertiary/aromatic N) is 3. The predicted molar refractivity (Wildman–Crippen MR) is 181 cm³/mol. The van der Waals surface area contributed by atoms with Crippen LogP contribution in [0.5, 0.6) is 0 Å². The standard InChI is InChI=1S/C39H22ClN3O2/c40-39-42-37(24-20-21-28-27-14-6-7-18-32(27)44-34(28)22-24)41-38(43-39)31-17-8-16-30-35-29(15-9-19-33(35)45-36(30)31)26-13-5-4-12-25(26)23-10-2-1-3-11-23/h1-22H. The van der Waals surface area contributed by atoms with Crippen molar-refractivity contribution in [2.45, 2.75) is 0 Å². The molecule has 0 saturated carbocycles. The van der Waals surface area contributed by atoms with Gasteiger partial charge in [-0.2, -0.15) is 9.97 Å². The van der Waals surface area contributed by atoms with Crippen molar-refractivity contribution in [1.29, 1.82) is 0 Å². The van der Waals surface area contributed by atoms with Gasteiger partial charge in [0, 0.05) is 27.1 Å². The number of para-hydroxylation sites is 2. The molecule has 6 aromatic carbocycles. The molecule has 0 radical (unpaired) electrons. The molecule has 3 aromatic heterocycles. The Hall–Kier alpha value is -5.78. The molecule has 0 unspecified atom stereocenters. The maximum atomic E-state index is 6.56. The maximum absolute atomic E-state index is 6.56. The quantitative estimate of drug-likeness (QED) is 0.201. The zero-order valence-electron chi connectivity index (χ0n) is 23.7. The molecule has 0 aliphatic carbocycles. The number of furan rings is 2. The van der Waals surface area contributed by atoms with Crippen molar-refractivity contribution in [3.05, 3.63) is 139 Å². The van der Waals surface area contributed by atoms with Gasteiger partial charge < -0.3 is 8.83 Å². The molecule has 3 heterocycles. The molecule has 0 spiro atoms. The average molecular weight is 600 g/mol. The summed E-state index contributed by atoms with van der Waals surface area (Å²) in [5, 5.41) is 4.21. The van der Waals surface area contributed by atoms with Gasteiger partial charge in [0.1, 0.15) is 22.3 Å². The first kappa shape index (κ1) is 25.7. The molecule has 6 heteroatoms. The van der Waals surface area contributed by atoms with Crippen LogP contribution in [-0.2, 0) is 0 Å². The maximum Gasteiger partial charge on any atom is 0.226 e. The van der Waals surface area contributed by atoms with Crippen molar-refractivity contribution < 1.29 is 8.83 Å². The van der Waals surface area contributed by atoms with Gasteiger partial charge in [0.05, 0.1) is 5.56 Å². The zero-order chi connectivity index (χ0) is 29.9. The summed E-state index contributed by atoms with van der Waals surface area (Å²) in [4.78, 5) is 13.9. The molecular formula is C39H22ClN3O2. The van der Waals surface area contributed by atoms with Gasteiger partial charge >= 0.3 is 0 Å². The fourth-order valence-corrected chi connectivity index (χ4v) is 6.46. The van der Waals surface area contributed by atoms with E-state index in [2.05, 4.69) is 76.7 Å². The fourth-order valence-electron chi connectivity index (χ4n) is 6.30. The first-order valence-corrected chi connectivity index (χ1v) is 15.0. The summed E-state index contributed by atoms with van der Waals surface area (Å²) in [5.41, 5.74) is 9.14. The molecule has 0 N–H and O–H groups in total.